The molecule has 1 heterocycles. The Morgan fingerprint density at radius 2 is 2.08 bits per heavy atom. The van der Waals surface area contributed by atoms with E-state index in [-0.39, 0.29) is 36.4 Å². The first kappa shape index (κ1) is 21.0. The fraction of sp³-hybridized carbons (Fsp3) is 0.529. The normalized spacial score (nSPS) is 14.3. The van der Waals surface area contributed by atoms with Crippen LogP contribution in [0.2, 0.25) is 5.02 Å². The fourth-order valence-corrected chi connectivity index (χ4v) is 2.88. The minimum Gasteiger partial charge on any atom is -0.357 e. The van der Waals surface area contributed by atoms with Gasteiger partial charge in [-0.05, 0) is 37.5 Å². The van der Waals surface area contributed by atoms with Gasteiger partial charge in [-0.25, -0.2) is 4.99 Å². The summed E-state index contributed by atoms with van der Waals surface area (Å²) in [6.45, 7) is 5.39. The number of carbonyl (C=O) groups is 1. The van der Waals surface area contributed by atoms with Gasteiger partial charge in [0, 0.05) is 38.2 Å². The number of halogens is 2. The molecule has 1 N–H and O–H groups in total. The Kier molecular flexibility index (Phi) is 9.43. The first-order valence-corrected chi connectivity index (χ1v) is 8.49. The van der Waals surface area contributed by atoms with Gasteiger partial charge < -0.3 is 15.1 Å². The Balaban J connectivity index is 0.00000288. The maximum atomic E-state index is 12.1. The molecule has 1 aliphatic heterocycles. The minimum atomic E-state index is 0. The van der Waals surface area contributed by atoms with E-state index in [1.165, 1.54) is 0 Å². The predicted molar refractivity (Wildman–Crippen MR) is 110 cm³/mol. The van der Waals surface area contributed by atoms with Gasteiger partial charge in [0.2, 0.25) is 5.91 Å². The monoisotopic (exact) mass is 464 g/mol. The van der Waals surface area contributed by atoms with Crippen molar-refractivity contribution in [3.63, 3.8) is 0 Å². The molecule has 0 spiro atoms. The van der Waals surface area contributed by atoms with Gasteiger partial charge in [0.1, 0.15) is 6.54 Å². The second-order valence-electron chi connectivity index (χ2n) is 5.74. The highest BCUT2D eigenvalue weighted by molar-refractivity contribution is 14.0. The van der Waals surface area contributed by atoms with Crippen LogP contribution in [-0.2, 0) is 11.3 Å². The van der Waals surface area contributed by atoms with Crippen LogP contribution < -0.4 is 5.32 Å². The summed E-state index contributed by atoms with van der Waals surface area (Å²) >= 11 is 6.03. The van der Waals surface area contributed by atoms with Crippen LogP contribution in [0.15, 0.2) is 29.3 Å². The van der Waals surface area contributed by atoms with Gasteiger partial charge in [-0.1, -0.05) is 23.7 Å². The Morgan fingerprint density at radius 1 is 1.38 bits per heavy atom. The van der Waals surface area contributed by atoms with Gasteiger partial charge >= 0.3 is 0 Å². The number of nitrogens with zero attached hydrogens (tertiary/aromatic N) is 3. The molecule has 134 valence electrons. The van der Waals surface area contributed by atoms with E-state index in [0.29, 0.717) is 6.54 Å². The van der Waals surface area contributed by atoms with Crippen molar-refractivity contribution in [2.45, 2.75) is 26.3 Å². The number of guanidine groups is 1. The molecule has 1 aliphatic rings. The highest BCUT2D eigenvalue weighted by atomic mass is 127. The topological polar surface area (TPSA) is 47.9 Å². The van der Waals surface area contributed by atoms with Gasteiger partial charge in [-0.3, -0.25) is 4.79 Å². The number of amides is 1. The summed E-state index contributed by atoms with van der Waals surface area (Å²) in [6, 6.07) is 7.77. The first-order chi connectivity index (χ1) is 11.1. The molecule has 1 saturated heterocycles. The quantitative estimate of drug-likeness (QED) is 0.414. The molecule has 0 aromatic heterocycles. The summed E-state index contributed by atoms with van der Waals surface area (Å²) in [5, 5.41) is 3.96. The second kappa shape index (κ2) is 10.8. The molecule has 0 atom stereocenters. The Bertz CT molecular complexity index is 561. The van der Waals surface area contributed by atoms with Crippen LogP contribution in [0.1, 0.15) is 25.3 Å². The van der Waals surface area contributed by atoms with Gasteiger partial charge in [-0.15, -0.1) is 24.0 Å². The number of rotatable bonds is 5. The third kappa shape index (κ3) is 6.47. The van der Waals surface area contributed by atoms with Crippen LogP contribution in [0.25, 0.3) is 0 Å². The van der Waals surface area contributed by atoms with Gasteiger partial charge in [0.05, 0.1) is 0 Å². The second-order valence-corrected chi connectivity index (χ2v) is 6.18. The van der Waals surface area contributed by atoms with E-state index < -0.39 is 0 Å². The summed E-state index contributed by atoms with van der Waals surface area (Å²) < 4.78 is 0. The zero-order valence-corrected chi connectivity index (χ0v) is 17.4. The van der Waals surface area contributed by atoms with Crippen molar-refractivity contribution in [3.8, 4) is 0 Å². The molecule has 1 aromatic carbocycles. The zero-order chi connectivity index (χ0) is 16.7. The average Bonchev–Trinajstić information content (AvgIpc) is 3.05. The first-order valence-electron chi connectivity index (χ1n) is 8.12. The van der Waals surface area contributed by atoms with Crippen LogP contribution in [0.5, 0.6) is 0 Å². The van der Waals surface area contributed by atoms with Crippen molar-refractivity contribution < 1.29 is 4.79 Å². The van der Waals surface area contributed by atoms with E-state index in [2.05, 4.69) is 10.3 Å². The number of likely N-dealkylation sites (tertiary alicyclic amines) is 1. The number of benzene rings is 1. The van der Waals surface area contributed by atoms with Crippen molar-refractivity contribution in [1.29, 1.82) is 0 Å². The highest BCUT2D eigenvalue weighted by Gasteiger charge is 2.17. The zero-order valence-electron chi connectivity index (χ0n) is 14.3. The lowest BCUT2D eigenvalue weighted by atomic mass is 10.2. The maximum absolute atomic E-state index is 12.1. The number of hydrogen-bond acceptors (Lipinski definition) is 2. The number of hydrogen-bond donors (Lipinski definition) is 1. The van der Waals surface area contributed by atoms with E-state index in [9.17, 15) is 4.79 Å². The summed E-state index contributed by atoms with van der Waals surface area (Å²) in [5.74, 6) is 0.842. The average molecular weight is 465 g/mol. The smallest absolute Gasteiger partial charge is 0.244 e. The van der Waals surface area contributed by atoms with Crippen LogP contribution in [-0.4, -0.2) is 54.9 Å². The summed E-state index contributed by atoms with van der Waals surface area (Å²) in [5.41, 5.74) is 1.11. The Labute approximate surface area is 166 Å². The lowest BCUT2D eigenvalue weighted by Gasteiger charge is -2.22. The van der Waals surface area contributed by atoms with E-state index in [0.717, 1.165) is 49.0 Å². The van der Waals surface area contributed by atoms with Crippen molar-refractivity contribution in [3.05, 3.63) is 34.9 Å². The molecule has 0 saturated carbocycles. The predicted octanol–water partition coefficient (Wildman–Crippen LogP) is 2.98. The number of nitrogens with one attached hydrogen (secondary N) is 1. The lowest BCUT2D eigenvalue weighted by Crippen LogP contribution is -2.39. The van der Waals surface area contributed by atoms with Gasteiger partial charge in [0.25, 0.3) is 0 Å². The van der Waals surface area contributed by atoms with Crippen molar-refractivity contribution in [2.24, 2.45) is 4.99 Å². The minimum absolute atomic E-state index is 0. The molecule has 0 radical (unpaired) electrons. The van der Waals surface area contributed by atoms with Crippen LogP contribution in [0, 0.1) is 0 Å². The third-order valence-corrected chi connectivity index (χ3v) is 4.06. The van der Waals surface area contributed by atoms with E-state index in [1.807, 2.05) is 48.0 Å². The summed E-state index contributed by atoms with van der Waals surface area (Å²) in [6.07, 6.45) is 2.20. The van der Waals surface area contributed by atoms with E-state index in [1.54, 1.807) is 0 Å². The molecule has 7 heteroatoms. The Hall–Kier alpha value is -1.02. The maximum Gasteiger partial charge on any atom is 0.244 e. The molecule has 0 bridgehead atoms. The molecule has 24 heavy (non-hydrogen) atoms. The van der Waals surface area contributed by atoms with Crippen LogP contribution in [0.4, 0.5) is 0 Å². The van der Waals surface area contributed by atoms with Crippen molar-refractivity contribution in [2.75, 3.05) is 33.2 Å². The molecule has 1 fully saturated rings. The molecule has 1 aromatic rings. The van der Waals surface area contributed by atoms with E-state index in [4.69, 9.17) is 11.6 Å². The molecule has 0 aliphatic carbocycles. The largest absolute Gasteiger partial charge is 0.357 e. The Morgan fingerprint density at radius 3 is 2.71 bits per heavy atom. The van der Waals surface area contributed by atoms with Gasteiger partial charge in [-0.2, -0.15) is 0 Å². The fourth-order valence-electron chi connectivity index (χ4n) is 2.66. The molecule has 0 unspecified atom stereocenters. The number of aliphatic imine (C=N–C) groups is 1. The molecule has 5 nitrogen and oxygen atoms in total. The van der Waals surface area contributed by atoms with Crippen molar-refractivity contribution in [1.82, 2.24) is 15.1 Å². The molecule has 1 amide bonds. The third-order valence-electron chi connectivity index (χ3n) is 3.83. The summed E-state index contributed by atoms with van der Waals surface area (Å²) in [7, 11) is 1.96. The molecular weight excluding hydrogens is 439 g/mol. The van der Waals surface area contributed by atoms with Crippen LogP contribution in [0.3, 0.4) is 0 Å². The highest BCUT2D eigenvalue weighted by Crippen LogP contribution is 2.12. The standard InChI is InChI=1S/C17H25ClN4O.HI/c1-3-19-17(20-12-16(23)22-9-4-5-10-22)21(2)13-14-7-6-8-15(18)11-14;/h6-8,11H,3-5,9-10,12-13H2,1-2H3,(H,19,20);1H. The summed E-state index contributed by atoms with van der Waals surface area (Å²) in [4.78, 5) is 20.5. The van der Waals surface area contributed by atoms with Crippen LogP contribution >= 0.6 is 35.6 Å². The molecule has 2 rings (SSSR count). The number of carbonyl (C=O) groups excluding carboxylic acids is 1. The van der Waals surface area contributed by atoms with E-state index >= 15 is 0 Å². The van der Waals surface area contributed by atoms with Crippen molar-refractivity contribution >= 4 is 47.4 Å². The van der Waals surface area contributed by atoms with Gasteiger partial charge in [0.15, 0.2) is 5.96 Å². The molecular formula is C17H26ClIN4O. The SMILES string of the molecule is CCNC(=NCC(=O)N1CCCC1)N(C)Cc1cccc(Cl)c1.I. The lowest BCUT2D eigenvalue weighted by molar-refractivity contribution is -0.128.